The summed E-state index contributed by atoms with van der Waals surface area (Å²) >= 11 is 0. The molecule has 0 saturated carbocycles. The first-order valence-electron chi connectivity index (χ1n) is 6.43. The van der Waals surface area contributed by atoms with Gasteiger partial charge in [0.05, 0.1) is 25.8 Å². The van der Waals surface area contributed by atoms with Gasteiger partial charge < -0.3 is 19.5 Å². The minimum atomic E-state index is -0.366. The number of hydrogen-bond acceptors (Lipinski definition) is 5. The molecule has 0 amide bonds. The van der Waals surface area contributed by atoms with Crippen molar-refractivity contribution in [2.24, 2.45) is 0 Å². The number of methoxy groups -OCH3 is 2. The molecule has 5 nitrogen and oxygen atoms in total. The monoisotopic (exact) mass is 244 g/mol. The molecular formula is C12H24N2O3. The molecule has 0 spiro atoms. The van der Waals surface area contributed by atoms with Crippen LogP contribution in [0.1, 0.15) is 12.8 Å². The Morgan fingerprint density at radius 2 is 1.82 bits per heavy atom. The zero-order valence-corrected chi connectivity index (χ0v) is 10.9. The van der Waals surface area contributed by atoms with E-state index in [4.69, 9.17) is 14.2 Å². The van der Waals surface area contributed by atoms with Crippen LogP contribution in [0.2, 0.25) is 0 Å². The number of likely N-dealkylation sites (tertiary alicyclic amines) is 1. The Morgan fingerprint density at radius 3 is 2.41 bits per heavy atom. The topological polar surface area (TPSA) is 43.0 Å². The molecular weight excluding hydrogens is 220 g/mol. The fourth-order valence-electron chi connectivity index (χ4n) is 2.45. The lowest BCUT2D eigenvalue weighted by Gasteiger charge is -2.47. The van der Waals surface area contributed by atoms with Gasteiger partial charge in [0.15, 0.2) is 5.79 Å². The van der Waals surface area contributed by atoms with Crippen molar-refractivity contribution in [3.63, 3.8) is 0 Å². The highest BCUT2D eigenvalue weighted by Gasteiger charge is 2.43. The summed E-state index contributed by atoms with van der Waals surface area (Å²) in [5.41, 5.74) is 0. The van der Waals surface area contributed by atoms with E-state index in [1.807, 2.05) is 0 Å². The van der Waals surface area contributed by atoms with Crippen molar-refractivity contribution in [1.29, 1.82) is 0 Å². The Labute approximate surface area is 103 Å². The lowest BCUT2D eigenvalue weighted by atomic mass is 10.1. The number of hydrogen-bond donors (Lipinski definition) is 1. The number of nitrogens with one attached hydrogen (secondary N) is 1. The highest BCUT2D eigenvalue weighted by molar-refractivity contribution is 4.88. The molecule has 0 aromatic rings. The predicted molar refractivity (Wildman–Crippen MR) is 65.0 cm³/mol. The second-order valence-corrected chi connectivity index (χ2v) is 4.85. The van der Waals surface area contributed by atoms with Crippen LogP contribution in [0.15, 0.2) is 0 Å². The van der Waals surface area contributed by atoms with Gasteiger partial charge in [-0.1, -0.05) is 0 Å². The van der Waals surface area contributed by atoms with E-state index in [2.05, 4.69) is 10.2 Å². The van der Waals surface area contributed by atoms with Crippen LogP contribution >= 0.6 is 0 Å². The summed E-state index contributed by atoms with van der Waals surface area (Å²) in [6.07, 6.45) is 2.73. The zero-order valence-electron chi connectivity index (χ0n) is 10.9. The van der Waals surface area contributed by atoms with Crippen LogP contribution in [-0.4, -0.2) is 70.3 Å². The fourth-order valence-corrected chi connectivity index (χ4v) is 2.45. The van der Waals surface area contributed by atoms with Gasteiger partial charge in [0.25, 0.3) is 0 Å². The first-order chi connectivity index (χ1) is 8.28. The van der Waals surface area contributed by atoms with Gasteiger partial charge in [-0.3, -0.25) is 4.90 Å². The van der Waals surface area contributed by atoms with Gasteiger partial charge in [-0.05, 0) is 25.9 Å². The summed E-state index contributed by atoms with van der Waals surface area (Å²) < 4.78 is 16.5. The summed E-state index contributed by atoms with van der Waals surface area (Å²) in [5, 5.41) is 3.34. The number of nitrogens with zero attached hydrogens (tertiary/aromatic N) is 1. The van der Waals surface area contributed by atoms with Crippen LogP contribution in [-0.2, 0) is 14.2 Å². The van der Waals surface area contributed by atoms with Crippen molar-refractivity contribution in [1.82, 2.24) is 10.2 Å². The summed E-state index contributed by atoms with van der Waals surface area (Å²) in [4.78, 5) is 2.30. The van der Waals surface area contributed by atoms with Gasteiger partial charge in [-0.25, -0.2) is 0 Å². The van der Waals surface area contributed by atoms with E-state index < -0.39 is 0 Å². The van der Waals surface area contributed by atoms with E-state index in [1.165, 1.54) is 0 Å². The molecule has 0 unspecified atom stereocenters. The van der Waals surface area contributed by atoms with Crippen LogP contribution in [0.3, 0.4) is 0 Å². The van der Waals surface area contributed by atoms with Crippen molar-refractivity contribution in [3.8, 4) is 0 Å². The molecule has 100 valence electrons. The third kappa shape index (κ3) is 3.39. The van der Waals surface area contributed by atoms with Crippen LogP contribution in [0.4, 0.5) is 0 Å². The Bertz CT molecular complexity index is 220. The minimum Gasteiger partial charge on any atom is -0.377 e. The average Bonchev–Trinajstić information content (AvgIpc) is 2.34. The summed E-state index contributed by atoms with van der Waals surface area (Å²) in [6, 6.07) is 0. The minimum absolute atomic E-state index is 0.366. The van der Waals surface area contributed by atoms with Crippen LogP contribution in [0.25, 0.3) is 0 Å². The fraction of sp³-hybridized carbons (Fsp3) is 1.00. The highest BCUT2D eigenvalue weighted by Crippen LogP contribution is 2.24. The third-order valence-corrected chi connectivity index (χ3v) is 3.72. The predicted octanol–water partition coefficient (Wildman–Crippen LogP) is 0.0597. The van der Waals surface area contributed by atoms with Gasteiger partial charge in [0.1, 0.15) is 0 Å². The van der Waals surface area contributed by atoms with Gasteiger partial charge >= 0.3 is 0 Å². The maximum atomic E-state index is 5.86. The van der Waals surface area contributed by atoms with Gasteiger partial charge in [-0.15, -0.1) is 0 Å². The molecule has 2 rings (SSSR count). The molecule has 17 heavy (non-hydrogen) atoms. The van der Waals surface area contributed by atoms with E-state index in [9.17, 15) is 0 Å². The van der Waals surface area contributed by atoms with Crippen molar-refractivity contribution in [2.75, 3.05) is 53.6 Å². The lowest BCUT2D eigenvalue weighted by Crippen LogP contribution is -2.64. The molecule has 1 N–H and O–H groups in total. The van der Waals surface area contributed by atoms with E-state index >= 15 is 0 Å². The van der Waals surface area contributed by atoms with Gasteiger partial charge in [0, 0.05) is 20.8 Å². The molecule has 0 bridgehead atoms. The molecule has 2 fully saturated rings. The maximum absolute atomic E-state index is 5.86. The Balaban J connectivity index is 1.55. The number of ether oxygens (including phenoxy) is 3. The van der Waals surface area contributed by atoms with Crippen LogP contribution in [0, 0.1) is 0 Å². The van der Waals surface area contributed by atoms with E-state index in [1.54, 1.807) is 14.2 Å². The maximum Gasteiger partial charge on any atom is 0.193 e. The normalized spacial score (nSPS) is 25.8. The largest absolute Gasteiger partial charge is 0.377 e. The molecule has 0 atom stereocenters. The SMILES string of the molecule is COC1(OC)CN(CCOC2CCNCC2)C1. The standard InChI is InChI=1S/C12H24N2O3/c1-15-12(16-2)9-14(10-12)7-8-17-11-3-5-13-6-4-11/h11,13H,3-10H2,1-2H3. The Hall–Kier alpha value is -0.200. The van der Waals surface area contributed by atoms with E-state index in [0.29, 0.717) is 6.10 Å². The van der Waals surface area contributed by atoms with E-state index in [-0.39, 0.29) is 5.79 Å². The van der Waals surface area contributed by atoms with Gasteiger partial charge in [0.2, 0.25) is 0 Å². The molecule has 2 aliphatic heterocycles. The van der Waals surface area contributed by atoms with Crippen molar-refractivity contribution in [3.05, 3.63) is 0 Å². The highest BCUT2D eigenvalue weighted by atomic mass is 16.7. The van der Waals surface area contributed by atoms with Crippen LogP contribution < -0.4 is 5.32 Å². The molecule has 0 radical (unpaired) electrons. The molecule has 2 saturated heterocycles. The molecule has 0 aromatic heterocycles. The first kappa shape index (κ1) is 13.2. The lowest BCUT2D eigenvalue weighted by molar-refractivity contribution is -0.276. The third-order valence-electron chi connectivity index (χ3n) is 3.72. The summed E-state index contributed by atoms with van der Waals surface area (Å²) in [6.45, 7) is 5.65. The summed E-state index contributed by atoms with van der Waals surface area (Å²) in [5.74, 6) is -0.366. The molecule has 5 heteroatoms. The number of rotatable bonds is 6. The Morgan fingerprint density at radius 1 is 1.18 bits per heavy atom. The Kier molecular flexibility index (Phi) is 4.76. The second-order valence-electron chi connectivity index (χ2n) is 4.85. The molecule has 2 heterocycles. The zero-order chi connectivity index (χ0) is 12.1. The summed E-state index contributed by atoms with van der Waals surface area (Å²) in [7, 11) is 3.40. The quantitative estimate of drug-likeness (QED) is 0.669. The van der Waals surface area contributed by atoms with Crippen LogP contribution in [0.5, 0.6) is 0 Å². The first-order valence-corrected chi connectivity index (χ1v) is 6.43. The van der Waals surface area contributed by atoms with E-state index in [0.717, 1.165) is 52.2 Å². The molecule has 2 aliphatic rings. The van der Waals surface area contributed by atoms with Crippen molar-refractivity contribution in [2.45, 2.75) is 24.7 Å². The van der Waals surface area contributed by atoms with Crippen molar-refractivity contribution < 1.29 is 14.2 Å². The second kappa shape index (κ2) is 6.11. The average molecular weight is 244 g/mol. The molecule has 0 aliphatic carbocycles. The number of piperidine rings is 1. The van der Waals surface area contributed by atoms with Gasteiger partial charge in [-0.2, -0.15) is 0 Å². The van der Waals surface area contributed by atoms with Crippen molar-refractivity contribution >= 4 is 0 Å². The molecule has 0 aromatic carbocycles. The smallest absolute Gasteiger partial charge is 0.193 e.